The van der Waals surface area contributed by atoms with Crippen LogP contribution in [0.25, 0.3) is 0 Å². The fourth-order valence-electron chi connectivity index (χ4n) is 3.45. The predicted molar refractivity (Wildman–Crippen MR) is 112 cm³/mol. The molecule has 146 valence electrons. The lowest BCUT2D eigenvalue weighted by molar-refractivity contribution is 0.179. The second-order valence-corrected chi connectivity index (χ2v) is 8.09. The third-order valence-corrected chi connectivity index (χ3v) is 5.90. The van der Waals surface area contributed by atoms with E-state index in [2.05, 4.69) is 38.0 Å². The molecule has 1 fully saturated rings. The van der Waals surface area contributed by atoms with Crippen LogP contribution in [0.3, 0.4) is 0 Å². The number of aliphatic imine (C=N–C) groups is 1. The Balaban J connectivity index is 1.32. The molecule has 2 heterocycles. The van der Waals surface area contributed by atoms with Gasteiger partial charge in [-0.05, 0) is 67.4 Å². The summed E-state index contributed by atoms with van der Waals surface area (Å²) >= 11 is 1.84. The molecule has 1 aromatic heterocycles. The van der Waals surface area contributed by atoms with Crippen LogP contribution in [0.2, 0.25) is 0 Å². The van der Waals surface area contributed by atoms with Crippen molar-refractivity contribution in [3.05, 3.63) is 58.0 Å². The van der Waals surface area contributed by atoms with E-state index in [-0.39, 0.29) is 5.82 Å². The van der Waals surface area contributed by atoms with Crippen molar-refractivity contribution in [2.75, 3.05) is 33.2 Å². The first-order valence-electron chi connectivity index (χ1n) is 9.66. The van der Waals surface area contributed by atoms with Gasteiger partial charge in [-0.3, -0.25) is 9.89 Å². The summed E-state index contributed by atoms with van der Waals surface area (Å²) in [5.74, 6) is 1.33. The number of piperidine rings is 1. The van der Waals surface area contributed by atoms with E-state index in [1.165, 1.54) is 23.8 Å². The predicted octanol–water partition coefficient (Wildman–Crippen LogP) is 3.51. The Morgan fingerprint density at radius 1 is 1.22 bits per heavy atom. The SMILES string of the molecule is CN=C(NCCc1cccc(F)c1)NCC1CCN(Cc2cccs2)CC1. The normalized spacial score (nSPS) is 16.4. The van der Waals surface area contributed by atoms with Gasteiger partial charge >= 0.3 is 0 Å². The van der Waals surface area contributed by atoms with Crippen molar-refractivity contribution < 1.29 is 4.39 Å². The monoisotopic (exact) mass is 388 g/mol. The van der Waals surface area contributed by atoms with Gasteiger partial charge in [0.05, 0.1) is 0 Å². The zero-order valence-corrected chi connectivity index (χ0v) is 16.8. The Kier molecular flexibility index (Phi) is 7.66. The summed E-state index contributed by atoms with van der Waals surface area (Å²) in [6, 6.07) is 11.1. The van der Waals surface area contributed by atoms with E-state index in [9.17, 15) is 4.39 Å². The van der Waals surface area contributed by atoms with Gasteiger partial charge in [0, 0.05) is 31.6 Å². The van der Waals surface area contributed by atoms with Crippen molar-refractivity contribution in [1.29, 1.82) is 0 Å². The summed E-state index contributed by atoms with van der Waals surface area (Å²) in [4.78, 5) is 8.30. The highest BCUT2D eigenvalue weighted by molar-refractivity contribution is 7.09. The van der Waals surface area contributed by atoms with Crippen LogP contribution in [-0.4, -0.2) is 44.1 Å². The molecule has 1 aliphatic rings. The van der Waals surface area contributed by atoms with Crippen LogP contribution >= 0.6 is 11.3 Å². The average molecular weight is 389 g/mol. The molecule has 0 atom stereocenters. The molecule has 0 amide bonds. The van der Waals surface area contributed by atoms with Crippen LogP contribution in [-0.2, 0) is 13.0 Å². The van der Waals surface area contributed by atoms with E-state index in [1.807, 2.05) is 17.4 Å². The molecule has 2 N–H and O–H groups in total. The van der Waals surface area contributed by atoms with Gasteiger partial charge < -0.3 is 10.6 Å². The third-order valence-electron chi connectivity index (χ3n) is 5.04. The topological polar surface area (TPSA) is 39.7 Å². The molecule has 6 heteroatoms. The molecule has 4 nitrogen and oxygen atoms in total. The van der Waals surface area contributed by atoms with E-state index < -0.39 is 0 Å². The summed E-state index contributed by atoms with van der Waals surface area (Å²) in [5.41, 5.74) is 0.996. The van der Waals surface area contributed by atoms with Crippen LogP contribution in [0.4, 0.5) is 4.39 Å². The van der Waals surface area contributed by atoms with Gasteiger partial charge in [-0.15, -0.1) is 11.3 Å². The lowest BCUT2D eigenvalue weighted by Gasteiger charge is -2.32. The minimum atomic E-state index is -0.180. The zero-order chi connectivity index (χ0) is 18.9. The molecule has 0 bridgehead atoms. The number of nitrogens with one attached hydrogen (secondary N) is 2. The van der Waals surface area contributed by atoms with Crippen molar-refractivity contribution in [1.82, 2.24) is 15.5 Å². The molecule has 2 aromatic rings. The maximum absolute atomic E-state index is 13.2. The van der Waals surface area contributed by atoms with Gasteiger partial charge in [-0.1, -0.05) is 18.2 Å². The van der Waals surface area contributed by atoms with E-state index >= 15 is 0 Å². The minimum absolute atomic E-state index is 0.180. The fraction of sp³-hybridized carbons (Fsp3) is 0.476. The Hall–Kier alpha value is -1.92. The van der Waals surface area contributed by atoms with Crippen molar-refractivity contribution >= 4 is 17.3 Å². The van der Waals surface area contributed by atoms with Gasteiger partial charge in [0.25, 0.3) is 0 Å². The van der Waals surface area contributed by atoms with Crippen molar-refractivity contribution in [3.8, 4) is 0 Å². The molecule has 1 aromatic carbocycles. The van der Waals surface area contributed by atoms with Crippen LogP contribution in [0.5, 0.6) is 0 Å². The van der Waals surface area contributed by atoms with Gasteiger partial charge in [0.15, 0.2) is 5.96 Å². The molecule has 1 saturated heterocycles. The molecular weight excluding hydrogens is 359 g/mol. The number of thiophene rings is 1. The average Bonchev–Trinajstić information content (AvgIpc) is 3.19. The van der Waals surface area contributed by atoms with E-state index in [1.54, 1.807) is 19.2 Å². The number of rotatable bonds is 7. The first kappa shape index (κ1) is 19.8. The quantitative estimate of drug-likeness (QED) is 0.563. The number of likely N-dealkylation sites (tertiary alicyclic amines) is 1. The zero-order valence-electron chi connectivity index (χ0n) is 16.0. The number of hydrogen-bond donors (Lipinski definition) is 2. The summed E-state index contributed by atoms with van der Waals surface area (Å²) in [5, 5.41) is 8.92. The maximum atomic E-state index is 13.2. The molecular formula is C21H29FN4S. The summed E-state index contributed by atoms with van der Waals surface area (Å²) in [7, 11) is 1.79. The second kappa shape index (κ2) is 10.4. The second-order valence-electron chi connectivity index (χ2n) is 7.06. The first-order chi connectivity index (χ1) is 13.2. The van der Waals surface area contributed by atoms with Crippen molar-refractivity contribution in [2.45, 2.75) is 25.8 Å². The van der Waals surface area contributed by atoms with Crippen molar-refractivity contribution in [2.24, 2.45) is 10.9 Å². The fourth-order valence-corrected chi connectivity index (χ4v) is 4.20. The Labute approximate surface area is 165 Å². The Morgan fingerprint density at radius 2 is 2.07 bits per heavy atom. The molecule has 1 aliphatic heterocycles. The Morgan fingerprint density at radius 3 is 2.78 bits per heavy atom. The van der Waals surface area contributed by atoms with Gasteiger partial charge in [0.1, 0.15) is 5.82 Å². The summed E-state index contributed by atoms with van der Waals surface area (Å²) in [6.45, 7) is 5.10. The van der Waals surface area contributed by atoms with Crippen LogP contribution in [0, 0.1) is 11.7 Å². The van der Waals surface area contributed by atoms with Crippen molar-refractivity contribution in [3.63, 3.8) is 0 Å². The number of benzene rings is 1. The molecule has 0 spiro atoms. The highest BCUT2D eigenvalue weighted by Crippen LogP contribution is 2.20. The third kappa shape index (κ3) is 6.63. The minimum Gasteiger partial charge on any atom is -0.356 e. The Bertz CT molecular complexity index is 709. The molecule has 3 rings (SSSR count). The van der Waals surface area contributed by atoms with E-state index in [0.29, 0.717) is 5.92 Å². The van der Waals surface area contributed by atoms with Crippen LogP contribution in [0.1, 0.15) is 23.3 Å². The van der Waals surface area contributed by atoms with E-state index in [4.69, 9.17) is 0 Å². The molecule has 0 radical (unpaired) electrons. The molecule has 0 aliphatic carbocycles. The summed E-state index contributed by atoms with van der Waals surface area (Å²) in [6.07, 6.45) is 3.22. The highest BCUT2D eigenvalue weighted by Gasteiger charge is 2.19. The highest BCUT2D eigenvalue weighted by atomic mass is 32.1. The largest absolute Gasteiger partial charge is 0.356 e. The smallest absolute Gasteiger partial charge is 0.190 e. The first-order valence-corrected chi connectivity index (χ1v) is 10.5. The lowest BCUT2D eigenvalue weighted by atomic mass is 9.97. The standard InChI is InChI=1S/C21H29FN4S/c1-23-21(24-10-7-17-4-2-5-19(22)14-17)25-15-18-8-11-26(12-9-18)16-20-6-3-13-27-20/h2-6,13-14,18H,7-12,15-16H2,1H3,(H2,23,24,25). The molecule has 0 unspecified atom stereocenters. The molecule has 0 saturated carbocycles. The number of guanidine groups is 1. The summed E-state index contributed by atoms with van der Waals surface area (Å²) < 4.78 is 13.2. The number of halogens is 1. The number of nitrogens with zero attached hydrogens (tertiary/aromatic N) is 2. The van der Waals surface area contributed by atoms with Gasteiger partial charge in [-0.25, -0.2) is 4.39 Å². The molecule has 27 heavy (non-hydrogen) atoms. The van der Waals surface area contributed by atoms with Gasteiger partial charge in [-0.2, -0.15) is 0 Å². The van der Waals surface area contributed by atoms with Crippen LogP contribution in [0.15, 0.2) is 46.8 Å². The number of hydrogen-bond acceptors (Lipinski definition) is 3. The van der Waals surface area contributed by atoms with E-state index in [0.717, 1.165) is 50.7 Å². The van der Waals surface area contributed by atoms with Crippen LogP contribution < -0.4 is 10.6 Å². The lowest BCUT2D eigenvalue weighted by Crippen LogP contribution is -2.43. The maximum Gasteiger partial charge on any atom is 0.190 e. The van der Waals surface area contributed by atoms with Gasteiger partial charge in [0.2, 0.25) is 0 Å².